The molecule has 3 heteroatoms. The van der Waals surface area contributed by atoms with Gasteiger partial charge in [-0.1, -0.05) is 30.3 Å². The van der Waals surface area contributed by atoms with E-state index < -0.39 is 0 Å². The van der Waals surface area contributed by atoms with Gasteiger partial charge in [-0.2, -0.15) is 0 Å². The maximum Gasteiger partial charge on any atom is 0.118 e. The van der Waals surface area contributed by atoms with Crippen molar-refractivity contribution in [3.8, 4) is 5.75 Å². The Morgan fingerprint density at radius 1 is 1.11 bits per heavy atom. The normalized spacial score (nSPS) is 12.2. The van der Waals surface area contributed by atoms with Gasteiger partial charge in [-0.3, -0.25) is 0 Å². The summed E-state index contributed by atoms with van der Waals surface area (Å²) in [5, 5.41) is 0. The Labute approximate surface area is 119 Å². The fourth-order valence-electron chi connectivity index (χ4n) is 1.85. The van der Waals surface area contributed by atoms with E-state index in [-0.39, 0.29) is 6.04 Å². The minimum absolute atomic E-state index is 0.0375. The maximum atomic E-state index is 6.22. The van der Waals surface area contributed by atoms with Crippen LogP contribution in [-0.4, -0.2) is 12.9 Å². The van der Waals surface area contributed by atoms with E-state index in [2.05, 4.69) is 31.2 Å². The smallest absolute Gasteiger partial charge is 0.118 e. The molecule has 1 atom stereocenters. The molecule has 100 valence electrons. The third kappa shape index (κ3) is 3.75. The molecule has 2 N–H and O–H groups in total. The highest BCUT2D eigenvalue weighted by molar-refractivity contribution is 7.99. The SMILES string of the molecule is COc1ccc(C(N)CSc2ccccc2C)cc1. The van der Waals surface area contributed by atoms with E-state index in [1.807, 2.05) is 24.3 Å². The summed E-state index contributed by atoms with van der Waals surface area (Å²) in [4.78, 5) is 1.30. The van der Waals surface area contributed by atoms with Gasteiger partial charge in [0, 0.05) is 16.7 Å². The number of methoxy groups -OCH3 is 1. The van der Waals surface area contributed by atoms with Crippen molar-refractivity contribution in [2.24, 2.45) is 5.73 Å². The highest BCUT2D eigenvalue weighted by Crippen LogP contribution is 2.26. The first kappa shape index (κ1) is 14.0. The summed E-state index contributed by atoms with van der Waals surface area (Å²) in [6.45, 7) is 2.13. The van der Waals surface area contributed by atoms with Crippen LogP contribution in [-0.2, 0) is 0 Å². The fourth-order valence-corrected chi connectivity index (χ4v) is 2.87. The predicted molar refractivity (Wildman–Crippen MR) is 81.8 cm³/mol. The third-order valence-electron chi connectivity index (χ3n) is 3.06. The van der Waals surface area contributed by atoms with Crippen molar-refractivity contribution in [2.45, 2.75) is 17.9 Å². The third-order valence-corrected chi connectivity index (χ3v) is 4.35. The van der Waals surface area contributed by atoms with Crippen LogP contribution in [0.25, 0.3) is 0 Å². The number of rotatable bonds is 5. The first-order chi connectivity index (χ1) is 9.20. The lowest BCUT2D eigenvalue weighted by atomic mass is 10.1. The monoisotopic (exact) mass is 273 g/mol. The Morgan fingerprint density at radius 3 is 2.42 bits per heavy atom. The molecular formula is C16H19NOS. The van der Waals surface area contributed by atoms with Crippen molar-refractivity contribution in [2.75, 3.05) is 12.9 Å². The molecule has 0 aliphatic heterocycles. The molecule has 0 radical (unpaired) electrons. The van der Waals surface area contributed by atoms with Gasteiger partial charge in [-0.05, 0) is 36.2 Å². The predicted octanol–water partition coefficient (Wildman–Crippen LogP) is 3.80. The highest BCUT2D eigenvalue weighted by Gasteiger charge is 2.07. The Hall–Kier alpha value is -1.45. The second-order valence-corrected chi connectivity index (χ2v) is 5.52. The molecule has 0 aromatic heterocycles. The number of hydrogen-bond acceptors (Lipinski definition) is 3. The number of nitrogens with two attached hydrogens (primary N) is 1. The lowest BCUT2D eigenvalue weighted by molar-refractivity contribution is 0.414. The number of thioether (sulfide) groups is 1. The second-order valence-electron chi connectivity index (χ2n) is 4.46. The Bertz CT molecular complexity index is 525. The molecule has 0 heterocycles. The van der Waals surface area contributed by atoms with Crippen LogP contribution in [0.1, 0.15) is 17.2 Å². The summed E-state index contributed by atoms with van der Waals surface area (Å²) in [5.74, 6) is 1.74. The van der Waals surface area contributed by atoms with Gasteiger partial charge in [0.05, 0.1) is 7.11 Å². The molecule has 2 aromatic carbocycles. The van der Waals surface area contributed by atoms with Gasteiger partial charge in [0.2, 0.25) is 0 Å². The zero-order chi connectivity index (χ0) is 13.7. The summed E-state index contributed by atoms with van der Waals surface area (Å²) in [7, 11) is 1.67. The van der Waals surface area contributed by atoms with E-state index in [0.717, 1.165) is 17.1 Å². The molecule has 2 aromatic rings. The van der Waals surface area contributed by atoms with Crippen LogP contribution in [0.5, 0.6) is 5.75 Å². The topological polar surface area (TPSA) is 35.2 Å². The number of hydrogen-bond donors (Lipinski definition) is 1. The van der Waals surface area contributed by atoms with Crippen LogP contribution in [0.2, 0.25) is 0 Å². The van der Waals surface area contributed by atoms with Crippen molar-refractivity contribution in [3.05, 3.63) is 59.7 Å². The summed E-state index contributed by atoms with van der Waals surface area (Å²) < 4.78 is 5.15. The second kappa shape index (κ2) is 6.64. The van der Waals surface area contributed by atoms with Crippen LogP contribution < -0.4 is 10.5 Å². The van der Waals surface area contributed by atoms with E-state index in [4.69, 9.17) is 10.5 Å². The number of benzene rings is 2. The minimum Gasteiger partial charge on any atom is -0.497 e. The quantitative estimate of drug-likeness (QED) is 0.842. The van der Waals surface area contributed by atoms with Crippen LogP contribution in [0, 0.1) is 6.92 Å². The van der Waals surface area contributed by atoms with Crippen LogP contribution in [0.3, 0.4) is 0 Å². The van der Waals surface area contributed by atoms with Crippen LogP contribution in [0.15, 0.2) is 53.4 Å². The van der Waals surface area contributed by atoms with Gasteiger partial charge in [-0.15, -0.1) is 11.8 Å². The van der Waals surface area contributed by atoms with Crippen molar-refractivity contribution in [3.63, 3.8) is 0 Å². The summed E-state index contributed by atoms with van der Waals surface area (Å²) in [6, 6.07) is 16.4. The standard InChI is InChI=1S/C16H19NOS/c1-12-5-3-4-6-16(12)19-11-15(17)13-7-9-14(18-2)10-8-13/h3-10,15H,11,17H2,1-2H3. The van der Waals surface area contributed by atoms with E-state index in [0.29, 0.717) is 0 Å². The Balaban J connectivity index is 1.97. The molecule has 2 rings (SSSR count). The van der Waals surface area contributed by atoms with E-state index >= 15 is 0 Å². The highest BCUT2D eigenvalue weighted by atomic mass is 32.2. The Morgan fingerprint density at radius 2 is 1.79 bits per heavy atom. The van der Waals surface area contributed by atoms with Crippen LogP contribution >= 0.6 is 11.8 Å². The van der Waals surface area contributed by atoms with E-state index in [1.54, 1.807) is 18.9 Å². The van der Waals surface area contributed by atoms with Crippen molar-refractivity contribution >= 4 is 11.8 Å². The van der Waals surface area contributed by atoms with Gasteiger partial charge in [0.15, 0.2) is 0 Å². The largest absolute Gasteiger partial charge is 0.497 e. The first-order valence-corrected chi connectivity index (χ1v) is 7.27. The molecule has 0 spiro atoms. The molecular weight excluding hydrogens is 254 g/mol. The van der Waals surface area contributed by atoms with Gasteiger partial charge in [-0.25, -0.2) is 0 Å². The average Bonchev–Trinajstić information content (AvgIpc) is 2.46. The number of ether oxygens (including phenoxy) is 1. The molecule has 2 nitrogen and oxygen atoms in total. The molecule has 0 aliphatic carbocycles. The Kier molecular flexibility index (Phi) is 4.88. The molecule has 0 saturated heterocycles. The lowest BCUT2D eigenvalue weighted by Gasteiger charge is -2.13. The average molecular weight is 273 g/mol. The molecule has 0 amide bonds. The summed E-state index contributed by atoms with van der Waals surface area (Å²) in [6.07, 6.45) is 0. The van der Waals surface area contributed by atoms with E-state index in [1.165, 1.54) is 10.5 Å². The van der Waals surface area contributed by atoms with Gasteiger partial charge < -0.3 is 10.5 Å². The molecule has 19 heavy (non-hydrogen) atoms. The molecule has 0 saturated carbocycles. The first-order valence-electron chi connectivity index (χ1n) is 6.28. The van der Waals surface area contributed by atoms with Crippen LogP contribution in [0.4, 0.5) is 0 Å². The van der Waals surface area contributed by atoms with Crippen molar-refractivity contribution in [1.29, 1.82) is 0 Å². The molecule has 1 unspecified atom stereocenters. The minimum atomic E-state index is 0.0375. The zero-order valence-corrected chi connectivity index (χ0v) is 12.1. The van der Waals surface area contributed by atoms with Crippen molar-refractivity contribution < 1.29 is 4.74 Å². The lowest BCUT2D eigenvalue weighted by Crippen LogP contribution is -2.12. The van der Waals surface area contributed by atoms with Gasteiger partial charge in [0.25, 0.3) is 0 Å². The number of aryl methyl sites for hydroxylation is 1. The molecule has 0 aliphatic rings. The molecule has 0 bridgehead atoms. The zero-order valence-electron chi connectivity index (χ0n) is 11.3. The van der Waals surface area contributed by atoms with Gasteiger partial charge in [0.1, 0.15) is 5.75 Å². The van der Waals surface area contributed by atoms with E-state index in [9.17, 15) is 0 Å². The summed E-state index contributed by atoms with van der Waals surface area (Å²) in [5.41, 5.74) is 8.66. The fraction of sp³-hybridized carbons (Fsp3) is 0.250. The van der Waals surface area contributed by atoms with Gasteiger partial charge >= 0.3 is 0 Å². The van der Waals surface area contributed by atoms with Crippen molar-refractivity contribution in [1.82, 2.24) is 0 Å². The molecule has 0 fully saturated rings. The maximum absolute atomic E-state index is 6.22. The summed E-state index contributed by atoms with van der Waals surface area (Å²) >= 11 is 1.80.